The lowest BCUT2D eigenvalue weighted by atomic mass is 9.96. The highest BCUT2D eigenvalue weighted by atomic mass is 35.5. The first-order valence-electron chi connectivity index (χ1n) is 12.5. The van der Waals surface area contributed by atoms with E-state index in [0.29, 0.717) is 43.3 Å². The number of nitrogens with zero attached hydrogens (tertiary/aromatic N) is 4. The van der Waals surface area contributed by atoms with Crippen LogP contribution in [0.2, 0.25) is 5.02 Å². The highest BCUT2D eigenvalue weighted by molar-refractivity contribution is 6.30. The van der Waals surface area contributed by atoms with Crippen molar-refractivity contribution in [2.45, 2.75) is 38.0 Å². The number of hydrogen-bond acceptors (Lipinski definition) is 5. The third kappa shape index (κ3) is 7.81. The molecule has 1 aliphatic heterocycles. The minimum Gasteiger partial charge on any atom is -0.490 e. The van der Waals surface area contributed by atoms with Gasteiger partial charge in [0, 0.05) is 50.5 Å². The fourth-order valence-electron chi connectivity index (χ4n) is 4.39. The molecule has 1 fully saturated rings. The highest BCUT2D eigenvalue weighted by Gasteiger charge is 2.42. The summed E-state index contributed by atoms with van der Waals surface area (Å²) in [6.07, 6.45) is 6.58. The minimum absolute atomic E-state index is 0.0457. The fraction of sp³-hybridized carbons (Fsp3) is 0.393. The van der Waals surface area contributed by atoms with E-state index in [1.165, 1.54) is 0 Å². The maximum absolute atomic E-state index is 13.3. The van der Waals surface area contributed by atoms with E-state index < -0.39 is 5.60 Å². The molecule has 1 saturated heterocycles. The van der Waals surface area contributed by atoms with Gasteiger partial charge >= 0.3 is 0 Å². The Bertz CT molecular complexity index is 1140. The Morgan fingerprint density at radius 1 is 1.16 bits per heavy atom. The standard InChI is InChI=1S/C28H33ClN4O4/c1-31(19-23-6-3-2-4-7-23)27(35)18-28(21-36-25-11-9-24(29)10-12-25)20-33(16-17-37-28)26(34)8-5-14-32-15-13-30-22-32/h2-4,6-7,9-13,15,22H,5,8,14,16-21H2,1H3/t28-/m0/s1. The van der Waals surface area contributed by atoms with Crippen LogP contribution < -0.4 is 4.74 Å². The Labute approximate surface area is 222 Å². The Morgan fingerprint density at radius 2 is 1.95 bits per heavy atom. The molecule has 2 heterocycles. The number of imidazole rings is 1. The molecule has 0 aliphatic carbocycles. The molecule has 0 spiro atoms. The molecule has 0 saturated carbocycles. The van der Waals surface area contributed by atoms with E-state index in [1.54, 1.807) is 53.6 Å². The van der Waals surface area contributed by atoms with Crippen LogP contribution in [0.1, 0.15) is 24.8 Å². The lowest BCUT2D eigenvalue weighted by Gasteiger charge is -2.42. The molecule has 0 radical (unpaired) electrons. The van der Waals surface area contributed by atoms with E-state index in [0.717, 1.165) is 12.1 Å². The van der Waals surface area contributed by atoms with Gasteiger partial charge in [0.15, 0.2) is 0 Å². The largest absolute Gasteiger partial charge is 0.490 e. The molecule has 4 rings (SSSR count). The summed E-state index contributed by atoms with van der Waals surface area (Å²) in [5.41, 5.74) is 0.0870. The number of carbonyl (C=O) groups is 2. The molecule has 3 aromatic rings. The van der Waals surface area contributed by atoms with Gasteiger partial charge in [0.2, 0.25) is 11.8 Å². The number of morpholine rings is 1. The Balaban J connectivity index is 1.42. The molecule has 2 amide bonds. The molecule has 0 unspecified atom stereocenters. The summed E-state index contributed by atoms with van der Waals surface area (Å²) in [6, 6.07) is 16.9. The predicted octanol–water partition coefficient (Wildman–Crippen LogP) is 4.04. The third-order valence-corrected chi connectivity index (χ3v) is 6.70. The van der Waals surface area contributed by atoms with Crippen LogP contribution in [0.25, 0.3) is 0 Å². The smallest absolute Gasteiger partial charge is 0.225 e. The van der Waals surface area contributed by atoms with Crippen LogP contribution in [0.5, 0.6) is 5.75 Å². The summed E-state index contributed by atoms with van der Waals surface area (Å²) in [7, 11) is 1.78. The van der Waals surface area contributed by atoms with Crippen LogP contribution in [0, 0.1) is 0 Å². The van der Waals surface area contributed by atoms with Gasteiger partial charge in [-0.3, -0.25) is 9.59 Å². The van der Waals surface area contributed by atoms with Gasteiger partial charge in [-0.25, -0.2) is 4.98 Å². The number of hydrogen-bond donors (Lipinski definition) is 0. The molecule has 37 heavy (non-hydrogen) atoms. The number of benzene rings is 2. The average Bonchev–Trinajstić information content (AvgIpc) is 3.43. The van der Waals surface area contributed by atoms with Crippen LogP contribution in [0.15, 0.2) is 73.3 Å². The third-order valence-electron chi connectivity index (χ3n) is 6.44. The SMILES string of the molecule is CN(Cc1ccccc1)C(=O)C[C@@]1(COc2ccc(Cl)cc2)CN(C(=O)CCCn2ccnc2)CCO1. The summed E-state index contributed by atoms with van der Waals surface area (Å²) in [5, 5.41) is 0.612. The zero-order valence-corrected chi connectivity index (χ0v) is 21.8. The Morgan fingerprint density at radius 3 is 2.68 bits per heavy atom. The number of aromatic nitrogens is 2. The second-order valence-corrected chi connectivity index (χ2v) is 9.84. The predicted molar refractivity (Wildman–Crippen MR) is 141 cm³/mol. The quantitative estimate of drug-likeness (QED) is 0.378. The van der Waals surface area contributed by atoms with Crippen molar-refractivity contribution in [3.63, 3.8) is 0 Å². The second kappa shape index (κ2) is 12.7. The van der Waals surface area contributed by atoms with Crippen molar-refractivity contribution in [3.05, 3.63) is 83.9 Å². The van der Waals surface area contributed by atoms with Gasteiger partial charge in [0.25, 0.3) is 0 Å². The molecule has 8 nitrogen and oxygen atoms in total. The first kappa shape index (κ1) is 26.7. The van der Waals surface area contributed by atoms with Gasteiger partial charge in [-0.15, -0.1) is 0 Å². The van der Waals surface area contributed by atoms with E-state index in [9.17, 15) is 9.59 Å². The fourth-order valence-corrected chi connectivity index (χ4v) is 4.52. The highest BCUT2D eigenvalue weighted by Crippen LogP contribution is 2.27. The molecule has 1 aromatic heterocycles. The Kier molecular flexibility index (Phi) is 9.19. The van der Waals surface area contributed by atoms with E-state index in [4.69, 9.17) is 21.1 Å². The van der Waals surface area contributed by atoms with Crippen molar-refractivity contribution >= 4 is 23.4 Å². The van der Waals surface area contributed by atoms with E-state index in [2.05, 4.69) is 4.98 Å². The van der Waals surface area contributed by atoms with Crippen molar-refractivity contribution in [1.82, 2.24) is 19.4 Å². The van der Waals surface area contributed by atoms with Crippen molar-refractivity contribution < 1.29 is 19.1 Å². The lowest BCUT2D eigenvalue weighted by Crippen LogP contribution is -2.58. The summed E-state index contributed by atoms with van der Waals surface area (Å²) >= 11 is 6.01. The molecule has 1 aliphatic rings. The monoisotopic (exact) mass is 524 g/mol. The zero-order valence-electron chi connectivity index (χ0n) is 21.1. The Hall–Kier alpha value is -3.36. The van der Waals surface area contributed by atoms with Crippen LogP contribution in [-0.2, 0) is 27.4 Å². The topological polar surface area (TPSA) is 76.9 Å². The maximum atomic E-state index is 13.3. The van der Waals surface area contributed by atoms with Gasteiger partial charge in [0.1, 0.15) is 18.0 Å². The normalized spacial score (nSPS) is 17.4. The first-order valence-corrected chi connectivity index (χ1v) is 12.8. The van der Waals surface area contributed by atoms with E-state index in [1.807, 2.05) is 41.1 Å². The van der Waals surface area contributed by atoms with Crippen molar-refractivity contribution in [3.8, 4) is 5.75 Å². The van der Waals surface area contributed by atoms with Crippen molar-refractivity contribution in [2.75, 3.05) is 33.4 Å². The summed E-state index contributed by atoms with van der Waals surface area (Å²) in [4.78, 5) is 33.9. The van der Waals surface area contributed by atoms with E-state index >= 15 is 0 Å². The zero-order chi connectivity index (χ0) is 26.1. The molecule has 196 valence electrons. The van der Waals surface area contributed by atoms with Gasteiger partial charge in [0.05, 0.1) is 25.9 Å². The number of aryl methyl sites for hydroxylation is 1. The molecule has 2 aromatic carbocycles. The van der Waals surface area contributed by atoms with Gasteiger partial charge < -0.3 is 23.8 Å². The molecule has 0 bridgehead atoms. The molecule has 9 heteroatoms. The van der Waals surface area contributed by atoms with Crippen LogP contribution in [-0.4, -0.2) is 70.1 Å². The van der Waals surface area contributed by atoms with Crippen LogP contribution in [0.3, 0.4) is 0 Å². The van der Waals surface area contributed by atoms with Crippen LogP contribution in [0.4, 0.5) is 0 Å². The number of rotatable bonds is 11. The van der Waals surface area contributed by atoms with Gasteiger partial charge in [-0.2, -0.15) is 0 Å². The number of carbonyl (C=O) groups excluding carboxylic acids is 2. The van der Waals surface area contributed by atoms with Crippen LogP contribution >= 0.6 is 11.6 Å². The molecular formula is C28H33ClN4O4. The van der Waals surface area contributed by atoms with Crippen molar-refractivity contribution in [1.29, 1.82) is 0 Å². The number of ether oxygens (including phenoxy) is 2. The molecular weight excluding hydrogens is 492 g/mol. The van der Waals surface area contributed by atoms with E-state index in [-0.39, 0.29) is 31.4 Å². The summed E-state index contributed by atoms with van der Waals surface area (Å²) in [6.45, 7) is 2.47. The summed E-state index contributed by atoms with van der Waals surface area (Å²) in [5.74, 6) is 0.601. The molecule has 1 atom stereocenters. The first-order chi connectivity index (χ1) is 17.9. The average molecular weight is 525 g/mol. The molecule has 0 N–H and O–H groups in total. The maximum Gasteiger partial charge on any atom is 0.225 e. The number of amides is 2. The summed E-state index contributed by atoms with van der Waals surface area (Å²) < 4.78 is 14.2. The lowest BCUT2D eigenvalue weighted by molar-refractivity contribution is -0.165. The second-order valence-electron chi connectivity index (χ2n) is 9.41. The van der Waals surface area contributed by atoms with Crippen molar-refractivity contribution in [2.24, 2.45) is 0 Å². The van der Waals surface area contributed by atoms with Gasteiger partial charge in [-0.05, 0) is 36.2 Å². The minimum atomic E-state index is -0.958. The van der Waals surface area contributed by atoms with Gasteiger partial charge in [-0.1, -0.05) is 41.9 Å². The number of halogens is 1.